The van der Waals surface area contributed by atoms with Gasteiger partial charge in [-0.3, -0.25) is 4.79 Å². The monoisotopic (exact) mass is 310 g/mol. The highest BCUT2D eigenvalue weighted by atomic mass is 35.5. The van der Waals surface area contributed by atoms with Crippen LogP contribution in [0.1, 0.15) is 20.7 Å². The van der Waals surface area contributed by atoms with E-state index < -0.39 is 11.9 Å². The topological polar surface area (TPSA) is 79.3 Å². The molecule has 20 heavy (non-hydrogen) atoms. The molecule has 0 spiro atoms. The van der Waals surface area contributed by atoms with Crippen molar-refractivity contribution in [3.63, 3.8) is 0 Å². The number of carboxylic acid groups (broad SMARTS) is 1. The zero-order valence-corrected chi connectivity index (χ0v) is 11.4. The number of anilines is 1. The third kappa shape index (κ3) is 3.26. The van der Waals surface area contributed by atoms with Crippen molar-refractivity contribution in [2.75, 3.05) is 5.32 Å². The molecule has 1 amide bonds. The summed E-state index contributed by atoms with van der Waals surface area (Å²) in [5.41, 5.74) is 0.854. The Morgan fingerprint density at radius 2 is 1.75 bits per heavy atom. The molecular formula is C13H8Cl2N2O3. The van der Waals surface area contributed by atoms with Crippen molar-refractivity contribution in [3.8, 4) is 0 Å². The smallest absolute Gasteiger partial charge is 0.335 e. The highest BCUT2D eigenvalue weighted by Crippen LogP contribution is 2.20. The first-order valence-corrected chi connectivity index (χ1v) is 6.18. The summed E-state index contributed by atoms with van der Waals surface area (Å²) in [4.78, 5) is 26.4. The lowest BCUT2D eigenvalue weighted by molar-refractivity contribution is 0.0696. The summed E-state index contributed by atoms with van der Waals surface area (Å²) >= 11 is 11.4. The van der Waals surface area contributed by atoms with Gasteiger partial charge in [-0.05, 0) is 30.3 Å². The van der Waals surface area contributed by atoms with Gasteiger partial charge in [-0.2, -0.15) is 0 Å². The number of nitrogens with one attached hydrogen (secondary N) is 1. The fourth-order valence-corrected chi connectivity index (χ4v) is 1.71. The Hall–Kier alpha value is -2.11. The van der Waals surface area contributed by atoms with Crippen LogP contribution in [0, 0.1) is 0 Å². The van der Waals surface area contributed by atoms with Gasteiger partial charge in [0.25, 0.3) is 5.91 Å². The van der Waals surface area contributed by atoms with Crippen LogP contribution in [0.15, 0.2) is 36.5 Å². The van der Waals surface area contributed by atoms with E-state index in [0.717, 1.165) is 0 Å². The van der Waals surface area contributed by atoms with Crippen LogP contribution in [-0.2, 0) is 0 Å². The second kappa shape index (κ2) is 5.90. The number of carbonyl (C=O) groups is 2. The third-order valence-electron chi connectivity index (χ3n) is 2.45. The number of hydrogen-bond donors (Lipinski definition) is 2. The molecule has 102 valence electrons. The van der Waals surface area contributed by atoms with E-state index in [1.807, 2.05) is 0 Å². The summed E-state index contributed by atoms with van der Waals surface area (Å²) < 4.78 is 0. The van der Waals surface area contributed by atoms with E-state index in [0.29, 0.717) is 5.69 Å². The lowest BCUT2D eigenvalue weighted by Gasteiger charge is -2.06. The predicted molar refractivity (Wildman–Crippen MR) is 75.6 cm³/mol. The Labute approximate surface area is 124 Å². The Morgan fingerprint density at radius 3 is 2.30 bits per heavy atom. The minimum Gasteiger partial charge on any atom is -0.478 e. The molecule has 0 atom stereocenters. The number of aromatic carboxylic acids is 1. The molecule has 0 saturated carbocycles. The van der Waals surface area contributed by atoms with Crippen LogP contribution in [0.3, 0.4) is 0 Å². The zero-order valence-electron chi connectivity index (χ0n) is 9.93. The zero-order chi connectivity index (χ0) is 14.7. The molecule has 2 aromatic rings. The molecule has 0 aliphatic heterocycles. The molecule has 1 aromatic carbocycles. The SMILES string of the molecule is O=C(O)c1ccc(NC(=O)c2cnc(Cl)c(Cl)c2)cc1. The number of benzene rings is 1. The van der Waals surface area contributed by atoms with Crippen LogP contribution in [0.5, 0.6) is 0 Å². The number of amides is 1. The number of rotatable bonds is 3. The van der Waals surface area contributed by atoms with E-state index in [4.69, 9.17) is 28.3 Å². The van der Waals surface area contributed by atoms with E-state index in [-0.39, 0.29) is 21.3 Å². The van der Waals surface area contributed by atoms with Crippen LogP contribution >= 0.6 is 23.2 Å². The summed E-state index contributed by atoms with van der Waals surface area (Å²) in [5, 5.41) is 11.7. The first-order chi connectivity index (χ1) is 9.47. The van der Waals surface area contributed by atoms with E-state index in [9.17, 15) is 9.59 Å². The van der Waals surface area contributed by atoms with Gasteiger partial charge >= 0.3 is 5.97 Å². The normalized spacial score (nSPS) is 10.1. The summed E-state index contributed by atoms with van der Waals surface area (Å²) in [6, 6.07) is 7.17. The molecule has 0 aliphatic carbocycles. The predicted octanol–water partition coefficient (Wildman–Crippen LogP) is 3.34. The van der Waals surface area contributed by atoms with Crippen molar-refractivity contribution in [1.82, 2.24) is 4.98 Å². The van der Waals surface area contributed by atoms with Crippen LogP contribution in [-0.4, -0.2) is 22.0 Å². The highest BCUT2D eigenvalue weighted by Gasteiger charge is 2.10. The number of aromatic nitrogens is 1. The summed E-state index contributed by atoms with van der Waals surface area (Å²) in [7, 11) is 0. The Balaban J connectivity index is 2.14. The quantitative estimate of drug-likeness (QED) is 0.852. The maximum Gasteiger partial charge on any atom is 0.335 e. The molecule has 0 radical (unpaired) electrons. The van der Waals surface area contributed by atoms with Gasteiger partial charge in [-0.25, -0.2) is 9.78 Å². The Bertz CT molecular complexity index is 672. The van der Waals surface area contributed by atoms with Crippen molar-refractivity contribution in [3.05, 3.63) is 57.8 Å². The molecule has 0 unspecified atom stereocenters. The molecule has 5 nitrogen and oxygen atoms in total. The van der Waals surface area contributed by atoms with E-state index in [1.54, 1.807) is 0 Å². The molecule has 1 heterocycles. The van der Waals surface area contributed by atoms with Crippen molar-refractivity contribution in [2.24, 2.45) is 0 Å². The fourth-order valence-electron chi connectivity index (χ4n) is 1.44. The van der Waals surface area contributed by atoms with Crippen LogP contribution in [0.2, 0.25) is 10.2 Å². The van der Waals surface area contributed by atoms with Gasteiger partial charge in [0.1, 0.15) is 5.15 Å². The second-order valence-corrected chi connectivity index (χ2v) is 4.60. The lowest BCUT2D eigenvalue weighted by atomic mass is 10.2. The first kappa shape index (κ1) is 14.3. The minimum absolute atomic E-state index is 0.119. The number of nitrogens with zero attached hydrogens (tertiary/aromatic N) is 1. The molecule has 0 saturated heterocycles. The highest BCUT2D eigenvalue weighted by molar-refractivity contribution is 6.41. The number of carbonyl (C=O) groups excluding carboxylic acids is 1. The fraction of sp³-hybridized carbons (Fsp3) is 0. The largest absolute Gasteiger partial charge is 0.478 e. The number of carboxylic acids is 1. The van der Waals surface area contributed by atoms with Crippen molar-refractivity contribution in [1.29, 1.82) is 0 Å². The van der Waals surface area contributed by atoms with Crippen LogP contribution < -0.4 is 5.32 Å². The molecular weight excluding hydrogens is 303 g/mol. The molecule has 2 rings (SSSR count). The molecule has 2 N–H and O–H groups in total. The molecule has 0 fully saturated rings. The molecule has 0 aliphatic rings. The number of pyridine rings is 1. The van der Waals surface area contributed by atoms with Crippen LogP contribution in [0.4, 0.5) is 5.69 Å². The van der Waals surface area contributed by atoms with Crippen molar-refractivity contribution < 1.29 is 14.7 Å². The average molecular weight is 311 g/mol. The third-order valence-corrected chi connectivity index (χ3v) is 3.13. The van der Waals surface area contributed by atoms with Gasteiger partial charge in [0.2, 0.25) is 0 Å². The van der Waals surface area contributed by atoms with E-state index in [2.05, 4.69) is 10.3 Å². The van der Waals surface area contributed by atoms with E-state index in [1.165, 1.54) is 36.5 Å². The van der Waals surface area contributed by atoms with Gasteiger partial charge < -0.3 is 10.4 Å². The van der Waals surface area contributed by atoms with Gasteiger partial charge in [0, 0.05) is 11.9 Å². The number of hydrogen-bond acceptors (Lipinski definition) is 3. The maximum atomic E-state index is 11.9. The molecule has 7 heteroatoms. The van der Waals surface area contributed by atoms with Gasteiger partial charge in [-0.1, -0.05) is 23.2 Å². The summed E-state index contributed by atoms with van der Waals surface area (Å²) in [6.45, 7) is 0. The average Bonchev–Trinajstić information content (AvgIpc) is 2.42. The van der Waals surface area contributed by atoms with Gasteiger partial charge in [-0.15, -0.1) is 0 Å². The summed E-state index contributed by atoms with van der Waals surface area (Å²) in [6.07, 6.45) is 1.30. The van der Waals surface area contributed by atoms with Gasteiger partial charge in [0.15, 0.2) is 0 Å². The minimum atomic E-state index is -1.03. The van der Waals surface area contributed by atoms with Gasteiger partial charge in [0.05, 0.1) is 16.1 Å². The molecule has 0 bridgehead atoms. The Morgan fingerprint density at radius 1 is 1.10 bits per heavy atom. The standard InChI is InChI=1S/C13H8Cl2N2O3/c14-10-5-8(6-16-11(10)15)12(18)17-9-3-1-7(2-4-9)13(19)20/h1-6H,(H,17,18)(H,19,20). The second-order valence-electron chi connectivity index (χ2n) is 3.83. The maximum absolute atomic E-state index is 11.9. The van der Waals surface area contributed by atoms with Crippen molar-refractivity contribution in [2.45, 2.75) is 0 Å². The van der Waals surface area contributed by atoms with Crippen molar-refractivity contribution >= 4 is 40.8 Å². The summed E-state index contributed by atoms with van der Waals surface area (Å²) in [5.74, 6) is -1.45. The first-order valence-electron chi connectivity index (χ1n) is 5.43. The molecule has 1 aromatic heterocycles. The van der Waals surface area contributed by atoms with E-state index >= 15 is 0 Å². The lowest BCUT2D eigenvalue weighted by Crippen LogP contribution is -2.12. The van der Waals surface area contributed by atoms with Crippen LogP contribution in [0.25, 0.3) is 0 Å². The number of halogens is 2. The Kier molecular flexibility index (Phi) is 4.22.